The van der Waals surface area contributed by atoms with Gasteiger partial charge in [-0.25, -0.2) is 0 Å². The largest absolute Gasteiger partial charge is 0.462 e. The third-order valence-electron chi connectivity index (χ3n) is 17.0. The molecule has 0 aromatic heterocycles. The Morgan fingerprint density at radius 3 is 0.625 bits per heavy atom. The molecule has 0 rings (SSSR count). The highest BCUT2D eigenvalue weighted by Crippen LogP contribution is 2.19. The fourth-order valence-corrected chi connectivity index (χ4v) is 11.5. The van der Waals surface area contributed by atoms with Crippen LogP contribution in [0.25, 0.3) is 0 Å². The Hall–Kier alpha value is -1.85. The van der Waals surface area contributed by atoms with E-state index in [1.165, 1.54) is 327 Å². The molecule has 0 saturated carbocycles. The SMILES string of the molecule is CCCCCCCCC/C=C\CCCCCCCCCC(=O)OC(COC(=O)CCCCCCCCCCCCCCCCCCCC)COC(=O)CCCCCCCCCCCCCCCCCCCCCCCCCCCC. The van der Waals surface area contributed by atoms with Crippen LogP contribution in [-0.2, 0) is 28.6 Å². The van der Waals surface area contributed by atoms with Crippen LogP contribution in [0.4, 0.5) is 0 Å². The van der Waals surface area contributed by atoms with E-state index >= 15 is 0 Å². The zero-order chi connectivity index (χ0) is 57.8. The Morgan fingerprint density at radius 2 is 0.412 bits per heavy atom. The molecule has 0 saturated heterocycles. The van der Waals surface area contributed by atoms with Gasteiger partial charge in [0.15, 0.2) is 6.10 Å². The maximum Gasteiger partial charge on any atom is 0.306 e. The first-order chi connectivity index (χ1) is 39.5. The zero-order valence-corrected chi connectivity index (χ0v) is 54.6. The number of hydrogen-bond donors (Lipinski definition) is 0. The Balaban J connectivity index is 4.24. The van der Waals surface area contributed by atoms with E-state index in [2.05, 4.69) is 32.9 Å². The number of esters is 3. The fourth-order valence-electron chi connectivity index (χ4n) is 11.5. The summed E-state index contributed by atoms with van der Waals surface area (Å²) in [6.07, 6.45) is 83.9. The molecule has 6 nitrogen and oxygen atoms in total. The van der Waals surface area contributed by atoms with Crippen molar-refractivity contribution in [3.63, 3.8) is 0 Å². The molecule has 0 N–H and O–H groups in total. The summed E-state index contributed by atoms with van der Waals surface area (Å²) >= 11 is 0. The first-order valence-electron chi connectivity index (χ1n) is 36.7. The summed E-state index contributed by atoms with van der Waals surface area (Å²) < 4.78 is 17.0. The highest BCUT2D eigenvalue weighted by atomic mass is 16.6. The molecule has 0 heterocycles. The van der Waals surface area contributed by atoms with Crippen molar-refractivity contribution < 1.29 is 28.6 Å². The highest BCUT2D eigenvalue weighted by Gasteiger charge is 2.20. The van der Waals surface area contributed by atoms with Crippen molar-refractivity contribution in [2.24, 2.45) is 0 Å². The van der Waals surface area contributed by atoms with Crippen molar-refractivity contribution in [1.29, 1.82) is 0 Å². The van der Waals surface area contributed by atoms with Crippen LogP contribution in [0.15, 0.2) is 12.2 Å². The molecule has 0 amide bonds. The summed E-state index contributed by atoms with van der Waals surface area (Å²) in [6, 6.07) is 0. The third-order valence-corrected chi connectivity index (χ3v) is 17.0. The first kappa shape index (κ1) is 78.1. The molecule has 0 aromatic carbocycles. The van der Waals surface area contributed by atoms with E-state index in [0.717, 1.165) is 57.8 Å². The van der Waals surface area contributed by atoms with Gasteiger partial charge in [-0.05, 0) is 44.9 Å². The third kappa shape index (κ3) is 66.9. The number of ether oxygens (including phenoxy) is 3. The van der Waals surface area contributed by atoms with Crippen molar-refractivity contribution >= 4 is 17.9 Å². The normalized spacial score (nSPS) is 12.0. The minimum absolute atomic E-state index is 0.0646. The van der Waals surface area contributed by atoms with Crippen LogP contribution in [0.1, 0.15) is 425 Å². The Labute approximate surface area is 501 Å². The van der Waals surface area contributed by atoms with Gasteiger partial charge in [0.1, 0.15) is 13.2 Å². The highest BCUT2D eigenvalue weighted by molar-refractivity contribution is 5.71. The Bertz CT molecular complexity index is 1250. The van der Waals surface area contributed by atoms with Crippen LogP contribution in [0.3, 0.4) is 0 Å². The molecule has 0 bridgehead atoms. The number of unbranched alkanes of at least 4 members (excludes halogenated alkanes) is 56. The smallest absolute Gasteiger partial charge is 0.306 e. The quantitative estimate of drug-likeness (QED) is 0.0261. The van der Waals surface area contributed by atoms with E-state index in [-0.39, 0.29) is 31.1 Å². The van der Waals surface area contributed by atoms with Gasteiger partial charge in [0, 0.05) is 19.3 Å². The van der Waals surface area contributed by atoms with Crippen LogP contribution < -0.4 is 0 Å². The molecule has 0 radical (unpaired) electrons. The molecule has 80 heavy (non-hydrogen) atoms. The minimum Gasteiger partial charge on any atom is -0.462 e. The van der Waals surface area contributed by atoms with Crippen LogP contribution >= 0.6 is 0 Å². The molecule has 0 aliphatic rings. The number of rotatable bonds is 69. The number of carbonyl (C=O) groups excluding carboxylic acids is 3. The predicted octanol–water partition coefficient (Wildman–Crippen LogP) is 25.2. The maximum absolute atomic E-state index is 13.0. The van der Waals surface area contributed by atoms with Gasteiger partial charge in [-0.3, -0.25) is 14.4 Å². The van der Waals surface area contributed by atoms with Gasteiger partial charge in [-0.2, -0.15) is 0 Å². The lowest BCUT2D eigenvalue weighted by Crippen LogP contribution is -2.30. The van der Waals surface area contributed by atoms with Crippen molar-refractivity contribution in [3.05, 3.63) is 12.2 Å². The second kappa shape index (κ2) is 69.6. The summed E-state index contributed by atoms with van der Waals surface area (Å²) in [7, 11) is 0. The predicted molar refractivity (Wildman–Crippen MR) is 349 cm³/mol. The second-order valence-corrected chi connectivity index (χ2v) is 25.2. The molecule has 1 unspecified atom stereocenters. The summed E-state index contributed by atoms with van der Waals surface area (Å²) in [6.45, 7) is 6.74. The zero-order valence-electron chi connectivity index (χ0n) is 54.6. The van der Waals surface area contributed by atoms with Crippen molar-refractivity contribution in [3.8, 4) is 0 Å². The molecule has 1 atom stereocenters. The van der Waals surface area contributed by atoms with Crippen molar-refractivity contribution in [2.75, 3.05) is 13.2 Å². The molecule has 0 fully saturated rings. The van der Waals surface area contributed by atoms with E-state index < -0.39 is 6.10 Å². The van der Waals surface area contributed by atoms with Crippen LogP contribution in [0.2, 0.25) is 0 Å². The molecule has 0 aromatic rings. The van der Waals surface area contributed by atoms with Gasteiger partial charge in [0.05, 0.1) is 0 Å². The van der Waals surface area contributed by atoms with Gasteiger partial charge < -0.3 is 14.2 Å². The van der Waals surface area contributed by atoms with Gasteiger partial charge in [0.2, 0.25) is 0 Å². The van der Waals surface area contributed by atoms with E-state index in [1.54, 1.807) is 0 Å². The lowest BCUT2D eigenvalue weighted by Gasteiger charge is -2.18. The van der Waals surface area contributed by atoms with Crippen LogP contribution in [0, 0.1) is 0 Å². The van der Waals surface area contributed by atoms with Gasteiger partial charge in [-0.15, -0.1) is 0 Å². The van der Waals surface area contributed by atoms with Gasteiger partial charge >= 0.3 is 17.9 Å². The topological polar surface area (TPSA) is 78.9 Å². The fraction of sp³-hybridized carbons (Fsp3) is 0.932. The molecule has 0 spiro atoms. The molecule has 6 heteroatoms. The van der Waals surface area contributed by atoms with Gasteiger partial charge in [0.25, 0.3) is 0 Å². The summed E-state index contributed by atoms with van der Waals surface area (Å²) in [5.41, 5.74) is 0. The van der Waals surface area contributed by atoms with E-state index in [0.29, 0.717) is 19.3 Å². The summed E-state index contributed by atoms with van der Waals surface area (Å²) in [5, 5.41) is 0. The van der Waals surface area contributed by atoms with Gasteiger partial charge in [-0.1, -0.05) is 373 Å². The van der Waals surface area contributed by atoms with Crippen molar-refractivity contribution in [2.45, 2.75) is 431 Å². The number of hydrogen-bond acceptors (Lipinski definition) is 6. The van der Waals surface area contributed by atoms with Crippen molar-refractivity contribution in [1.82, 2.24) is 0 Å². The average molecular weight is 1130 g/mol. The standard InChI is InChI=1S/C74H142O6/c1-4-7-10-13-16-19-22-25-28-31-34-35-36-37-38-39-40-41-44-46-49-52-55-58-61-64-67-73(76)79-70-71(80-74(77)68-65-62-59-56-53-50-47-43-33-30-27-24-21-18-15-12-9-6-3)69-78-72(75)66-63-60-57-54-51-48-45-42-32-29-26-23-20-17-14-11-8-5-2/h30,33,71H,4-29,31-32,34-70H2,1-3H3/b33-30-. The molecule has 0 aliphatic heterocycles. The summed E-state index contributed by atoms with van der Waals surface area (Å²) in [4.78, 5) is 38.5. The lowest BCUT2D eigenvalue weighted by atomic mass is 10.0. The monoisotopic (exact) mass is 1130 g/mol. The molecule has 0 aliphatic carbocycles. The molecular weight excluding hydrogens is 985 g/mol. The Morgan fingerprint density at radius 1 is 0.237 bits per heavy atom. The van der Waals surface area contributed by atoms with Crippen LogP contribution in [-0.4, -0.2) is 37.2 Å². The average Bonchev–Trinajstić information content (AvgIpc) is 3.46. The lowest BCUT2D eigenvalue weighted by molar-refractivity contribution is -0.167. The first-order valence-corrected chi connectivity index (χ1v) is 36.7. The Kier molecular flexibility index (Phi) is 68.0. The van der Waals surface area contributed by atoms with Crippen LogP contribution in [0.5, 0.6) is 0 Å². The molecule has 474 valence electrons. The van der Waals surface area contributed by atoms with E-state index in [4.69, 9.17) is 14.2 Å². The van der Waals surface area contributed by atoms with E-state index in [1.807, 2.05) is 0 Å². The second-order valence-electron chi connectivity index (χ2n) is 25.2. The molecular formula is C74H142O6. The minimum atomic E-state index is -0.769. The van der Waals surface area contributed by atoms with E-state index in [9.17, 15) is 14.4 Å². The number of allylic oxidation sites excluding steroid dienone is 2. The number of carbonyl (C=O) groups is 3. The summed E-state index contributed by atoms with van der Waals surface area (Å²) in [5.74, 6) is -0.830. The maximum atomic E-state index is 13.0.